The second kappa shape index (κ2) is 6.94. The van der Waals surface area contributed by atoms with E-state index in [0.717, 1.165) is 51.9 Å². The van der Waals surface area contributed by atoms with Crippen molar-refractivity contribution in [2.75, 3.05) is 45.5 Å². The van der Waals surface area contributed by atoms with Gasteiger partial charge in [0, 0.05) is 44.8 Å². The molecule has 2 saturated heterocycles. The number of piperazine rings is 1. The first kappa shape index (κ1) is 17.2. The molecule has 1 N–H and O–H groups in total. The second-order valence-corrected chi connectivity index (χ2v) is 8.67. The Morgan fingerprint density at radius 3 is 2.57 bits per heavy atom. The number of piperidine rings is 1. The van der Waals surface area contributed by atoms with Crippen molar-refractivity contribution in [3.63, 3.8) is 0 Å². The minimum atomic E-state index is -3.04. The fourth-order valence-electron chi connectivity index (χ4n) is 3.90. The van der Waals surface area contributed by atoms with E-state index < -0.39 is 10.0 Å². The zero-order valence-corrected chi connectivity index (χ0v) is 14.6. The van der Waals surface area contributed by atoms with Crippen molar-refractivity contribution in [3.8, 4) is 0 Å². The fraction of sp³-hybridized carbons (Fsp3) is 1.00. The Kier molecular flexibility index (Phi) is 5.68. The predicted molar refractivity (Wildman–Crippen MR) is 86.9 cm³/mol. The lowest BCUT2D eigenvalue weighted by Gasteiger charge is -2.49. The Hall–Kier alpha value is -0.170. The molecule has 0 radical (unpaired) electrons. The highest BCUT2D eigenvalue weighted by molar-refractivity contribution is 7.88. The summed E-state index contributed by atoms with van der Waals surface area (Å²) in [5, 5.41) is 3.53. The van der Waals surface area contributed by atoms with Crippen molar-refractivity contribution in [1.29, 1.82) is 0 Å². The van der Waals surface area contributed by atoms with E-state index in [1.54, 1.807) is 4.31 Å². The molecular weight excluding hydrogens is 286 g/mol. The van der Waals surface area contributed by atoms with E-state index in [2.05, 4.69) is 24.1 Å². The molecule has 2 aliphatic rings. The second-order valence-electron chi connectivity index (χ2n) is 6.68. The van der Waals surface area contributed by atoms with E-state index in [-0.39, 0.29) is 5.54 Å². The van der Waals surface area contributed by atoms with Gasteiger partial charge in [0.2, 0.25) is 10.0 Å². The Balaban J connectivity index is 2.02. The summed E-state index contributed by atoms with van der Waals surface area (Å²) in [5.74, 6) is 0.476. The molecule has 0 aliphatic carbocycles. The summed E-state index contributed by atoms with van der Waals surface area (Å²) in [6.07, 6.45) is 5.79. The molecule has 21 heavy (non-hydrogen) atoms. The van der Waals surface area contributed by atoms with Crippen molar-refractivity contribution in [2.24, 2.45) is 5.92 Å². The molecule has 0 aromatic heterocycles. The molecule has 0 bridgehead atoms. The van der Waals surface area contributed by atoms with Crippen LogP contribution in [0.3, 0.4) is 0 Å². The SMILES string of the molecule is CCC1(CC)CNCCN1CC1CCCN(S(C)(=O)=O)C1. The number of hydrogen-bond acceptors (Lipinski definition) is 4. The molecule has 1 atom stereocenters. The largest absolute Gasteiger partial charge is 0.314 e. The van der Waals surface area contributed by atoms with Crippen molar-refractivity contribution in [3.05, 3.63) is 0 Å². The first-order valence-electron chi connectivity index (χ1n) is 8.32. The zero-order chi connectivity index (χ0) is 15.5. The summed E-state index contributed by atoms with van der Waals surface area (Å²) in [7, 11) is -3.04. The van der Waals surface area contributed by atoms with Crippen molar-refractivity contribution < 1.29 is 8.42 Å². The van der Waals surface area contributed by atoms with Gasteiger partial charge in [0.15, 0.2) is 0 Å². The molecule has 0 aromatic rings. The molecule has 124 valence electrons. The number of rotatable bonds is 5. The van der Waals surface area contributed by atoms with Gasteiger partial charge in [-0.1, -0.05) is 13.8 Å². The van der Waals surface area contributed by atoms with Gasteiger partial charge < -0.3 is 5.32 Å². The van der Waals surface area contributed by atoms with Crippen LogP contribution >= 0.6 is 0 Å². The van der Waals surface area contributed by atoms with E-state index >= 15 is 0 Å². The van der Waals surface area contributed by atoms with E-state index in [1.807, 2.05) is 0 Å². The highest BCUT2D eigenvalue weighted by Crippen LogP contribution is 2.29. The summed E-state index contributed by atoms with van der Waals surface area (Å²) in [4.78, 5) is 2.62. The van der Waals surface area contributed by atoms with Gasteiger partial charge in [-0.25, -0.2) is 12.7 Å². The Labute approximate surface area is 130 Å². The molecule has 0 spiro atoms. The van der Waals surface area contributed by atoms with E-state index in [4.69, 9.17) is 0 Å². The Morgan fingerprint density at radius 2 is 1.95 bits per heavy atom. The lowest BCUT2D eigenvalue weighted by Crippen LogP contribution is -2.62. The van der Waals surface area contributed by atoms with Crippen LogP contribution in [0.4, 0.5) is 0 Å². The normalized spacial score (nSPS) is 28.6. The van der Waals surface area contributed by atoms with Crippen LogP contribution in [0.5, 0.6) is 0 Å². The number of sulfonamides is 1. The van der Waals surface area contributed by atoms with Crippen LogP contribution in [0.25, 0.3) is 0 Å². The number of hydrogen-bond donors (Lipinski definition) is 1. The lowest BCUT2D eigenvalue weighted by molar-refractivity contribution is 0.0297. The molecule has 1 unspecified atom stereocenters. The molecular formula is C15H31N3O2S. The maximum Gasteiger partial charge on any atom is 0.211 e. The first-order chi connectivity index (χ1) is 9.91. The summed E-state index contributed by atoms with van der Waals surface area (Å²) < 4.78 is 25.2. The van der Waals surface area contributed by atoms with Crippen LogP contribution in [0.2, 0.25) is 0 Å². The van der Waals surface area contributed by atoms with E-state index in [0.29, 0.717) is 19.0 Å². The maximum absolute atomic E-state index is 11.8. The van der Waals surface area contributed by atoms with E-state index in [1.165, 1.54) is 6.26 Å². The standard InChI is InChI=1S/C15H31N3O2S/c1-4-15(5-2)13-16-8-10-17(15)11-14-7-6-9-18(12-14)21(3,19)20/h14,16H,4-13H2,1-3H3. The Morgan fingerprint density at radius 1 is 1.24 bits per heavy atom. The summed E-state index contributed by atoms with van der Waals surface area (Å²) in [6, 6.07) is 0. The molecule has 5 nitrogen and oxygen atoms in total. The number of nitrogens with one attached hydrogen (secondary N) is 1. The molecule has 2 heterocycles. The molecule has 0 saturated carbocycles. The molecule has 0 aromatic carbocycles. The minimum absolute atomic E-state index is 0.256. The van der Waals surface area contributed by atoms with Gasteiger partial charge in [-0.2, -0.15) is 0 Å². The van der Waals surface area contributed by atoms with Crippen LogP contribution < -0.4 is 5.32 Å². The average molecular weight is 317 g/mol. The van der Waals surface area contributed by atoms with Crippen LogP contribution in [0, 0.1) is 5.92 Å². The fourth-order valence-corrected chi connectivity index (χ4v) is 4.85. The van der Waals surface area contributed by atoms with Gasteiger partial charge in [0.1, 0.15) is 0 Å². The van der Waals surface area contributed by atoms with Gasteiger partial charge in [0.05, 0.1) is 6.26 Å². The third-order valence-corrected chi connectivity index (χ3v) is 6.70. The third-order valence-electron chi connectivity index (χ3n) is 5.43. The first-order valence-corrected chi connectivity index (χ1v) is 10.2. The predicted octanol–water partition coefficient (Wildman–Crippen LogP) is 1.12. The maximum atomic E-state index is 11.8. The summed E-state index contributed by atoms with van der Waals surface area (Å²) in [6.45, 7) is 10.2. The average Bonchev–Trinajstić information content (AvgIpc) is 2.47. The van der Waals surface area contributed by atoms with Crippen molar-refractivity contribution in [1.82, 2.24) is 14.5 Å². The van der Waals surface area contributed by atoms with Crippen LogP contribution in [0.1, 0.15) is 39.5 Å². The molecule has 6 heteroatoms. The van der Waals surface area contributed by atoms with Gasteiger partial charge in [0.25, 0.3) is 0 Å². The number of nitrogens with zero attached hydrogens (tertiary/aromatic N) is 2. The van der Waals surface area contributed by atoms with Gasteiger partial charge in [-0.3, -0.25) is 4.90 Å². The highest BCUT2D eigenvalue weighted by Gasteiger charge is 2.37. The van der Waals surface area contributed by atoms with Crippen molar-refractivity contribution >= 4 is 10.0 Å². The summed E-state index contributed by atoms with van der Waals surface area (Å²) >= 11 is 0. The van der Waals surface area contributed by atoms with Crippen LogP contribution in [0.15, 0.2) is 0 Å². The van der Waals surface area contributed by atoms with Gasteiger partial charge >= 0.3 is 0 Å². The molecule has 2 fully saturated rings. The van der Waals surface area contributed by atoms with Crippen LogP contribution in [-0.2, 0) is 10.0 Å². The minimum Gasteiger partial charge on any atom is -0.314 e. The lowest BCUT2D eigenvalue weighted by atomic mass is 9.86. The molecule has 2 rings (SSSR count). The quantitative estimate of drug-likeness (QED) is 0.826. The smallest absolute Gasteiger partial charge is 0.211 e. The third kappa shape index (κ3) is 3.97. The summed E-state index contributed by atoms with van der Waals surface area (Å²) in [5.41, 5.74) is 0.256. The van der Waals surface area contributed by atoms with Crippen LogP contribution in [-0.4, -0.2) is 68.7 Å². The molecule has 2 aliphatic heterocycles. The van der Waals surface area contributed by atoms with E-state index in [9.17, 15) is 8.42 Å². The van der Waals surface area contributed by atoms with Crippen molar-refractivity contribution in [2.45, 2.75) is 45.1 Å². The Bertz CT molecular complexity index is 434. The topological polar surface area (TPSA) is 52.6 Å². The highest BCUT2D eigenvalue weighted by atomic mass is 32.2. The van der Waals surface area contributed by atoms with Gasteiger partial charge in [-0.15, -0.1) is 0 Å². The monoisotopic (exact) mass is 317 g/mol. The zero-order valence-electron chi connectivity index (χ0n) is 13.8. The van der Waals surface area contributed by atoms with Gasteiger partial charge in [-0.05, 0) is 31.6 Å². The molecule has 0 amide bonds.